The Morgan fingerprint density at radius 2 is 1.84 bits per heavy atom. The van der Waals surface area contributed by atoms with Crippen LogP contribution in [0, 0.1) is 19.7 Å². The van der Waals surface area contributed by atoms with Crippen molar-refractivity contribution in [3.05, 3.63) is 111 Å². The first kappa shape index (κ1) is 34.6. The standard InChI is InChI=1S/C36H35ClFN7O2.C3H6O/c1-21-15-27(18-28-22(2)42-43-35(21)28)39-36(46)24-8-10-32-31(16-24)40-33(44(32)3)19-45-13-11-23(12-14-45)30-5-4-6-34(41-30)47-20-25-7-9-26(37)17-29(25)38;1-2-4-3-1/h4-10,15-18,23H,11-14,19-20H2,1-3H3,(H,39,46)(H,42,43);1-3H2. The molecule has 2 fully saturated rings. The lowest BCUT2D eigenvalue weighted by Crippen LogP contribution is -2.33. The van der Waals surface area contributed by atoms with Crippen molar-refractivity contribution in [3.8, 4) is 5.88 Å². The molecule has 3 aromatic heterocycles. The number of nitrogens with zero attached hydrogens (tertiary/aromatic N) is 5. The molecule has 3 aromatic carbocycles. The van der Waals surface area contributed by atoms with Crippen LogP contribution in [0.1, 0.15) is 63.9 Å². The number of carbonyl (C=O) groups is 1. The Kier molecular flexibility index (Phi) is 10.3. The molecule has 12 heteroatoms. The van der Waals surface area contributed by atoms with E-state index in [1.165, 1.54) is 12.5 Å². The highest BCUT2D eigenvalue weighted by Gasteiger charge is 2.24. The molecule has 5 heterocycles. The van der Waals surface area contributed by atoms with E-state index in [9.17, 15) is 9.18 Å². The fourth-order valence-electron chi connectivity index (χ4n) is 6.48. The van der Waals surface area contributed by atoms with Crippen LogP contribution >= 0.6 is 11.6 Å². The quantitative estimate of drug-likeness (QED) is 0.166. The molecule has 0 spiro atoms. The molecule has 51 heavy (non-hydrogen) atoms. The number of pyridine rings is 1. The first-order valence-corrected chi connectivity index (χ1v) is 17.7. The summed E-state index contributed by atoms with van der Waals surface area (Å²) in [6, 6.07) is 19.9. The number of carbonyl (C=O) groups excluding carboxylic acids is 1. The molecular weight excluding hydrogens is 669 g/mol. The maximum Gasteiger partial charge on any atom is 0.255 e. The topological polar surface area (TPSA) is 110 Å². The summed E-state index contributed by atoms with van der Waals surface area (Å²) in [5.74, 6) is 1.18. The predicted molar refractivity (Wildman–Crippen MR) is 197 cm³/mol. The van der Waals surface area contributed by atoms with Gasteiger partial charge in [-0.3, -0.25) is 14.8 Å². The van der Waals surface area contributed by atoms with Gasteiger partial charge in [0.05, 0.1) is 23.1 Å². The summed E-state index contributed by atoms with van der Waals surface area (Å²) in [5, 5.41) is 11.8. The summed E-state index contributed by atoms with van der Waals surface area (Å²) >= 11 is 5.86. The predicted octanol–water partition coefficient (Wildman–Crippen LogP) is 7.87. The number of nitrogens with one attached hydrogen (secondary N) is 2. The van der Waals surface area contributed by atoms with Crippen molar-refractivity contribution in [1.29, 1.82) is 0 Å². The molecule has 0 bridgehead atoms. The van der Waals surface area contributed by atoms with Crippen molar-refractivity contribution >= 4 is 45.1 Å². The Morgan fingerprint density at radius 1 is 1.06 bits per heavy atom. The van der Waals surface area contributed by atoms with E-state index in [0.29, 0.717) is 34.5 Å². The highest BCUT2D eigenvalue weighted by Crippen LogP contribution is 2.30. The van der Waals surface area contributed by atoms with Gasteiger partial charge in [-0.25, -0.2) is 14.4 Å². The molecule has 1 amide bonds. The molecule has 8 rings (SSSR count). The molecule has 0 atom stereocenters. The van der Waals surface area contributed by atoms with Gasteiger partial charge in [-0.05, 0) is 100 Å². The zero-order chi connectivity index (χ0) is 35.5. The first-order chi connectivity index (χ1) is 24.7. The summed E-state index contributed by atoms with van der Waals surface area (Å²) in [7, 11) is 2.02. The molecule has 0 unspecified atom stereocenters. The van der Waals surface area contributed by atoms with Crippen LogP contribution in [0.25, 0.3) is 21.9 Å². The number of aryl methyl sites for hydroxylation is 3. The van der Waals surface area contributed by atoms with Gasteiger partial charge in [0.1, 0.15) is 18.2 Å². The van der Waals surface area contributed by atoms with Gasteiger partial charge in [-0.1, -0.05) is 23.7 Å². The van der Waals surface area contributed by atoms with Crippen LogP contribution in [-0.4, -0.2) is 61.8 Å². The molecule has 264 valence electrons. The molecule has 2 aliphatic heterocycles. The van der Waals surface area contributed by atoms with Crippen molar-refractivity contribution in [1.82, 2.24) is 29.6 Å². The van der Waals surface area contributed by atoms with Gasteiger partial charge in [0, 0.05) is 70.9 Å². The minimum absolute atomic E-state index is 0.0871. The smallest absolute Gasteiger partial charge is 0.255 e. The number of anilines is 1. The van der Waals surface area contributed by atoms with E-state index >= 15 is 0 Å². The average Bonchev–Trinajstić information content (AvgIpc) is 3.62. The number of benzene rings is 3. The zero-order valence-electron chi connectivity index (χ0n) is 29.0. The molecule has 2 saturated heterocycles. The van der Waals surface area contributed by atoms with Crippen LogP contribution in [0.5, 0.6) is 5.88 Å². The lowest BCUT2D eigenvalue weighted by Gasteiger charge is -2.31. The first-order valence-electron chi connectivity index (χ1n) is 17.3. The molecule has 6 aromatic rings. The van der Waals surface area contributed by atoms with Crippen LogP contribution in [0.15, 0.2) is 66.7 Å². The fourth-order valence-corrected chi connectivity index (χ4v) is 6.64. The Morgan fingerprint density at radius 3 is 2.59 bits per heavy atom. The van der Waals surface area contributed by atoms with Crippen LogP contribution in [0.3, 0.4) is 0 Å². The highest BCUT2D eigenvalue weighted by atomic mass is 35.5. The lowest BCUT2D eigenvalue weighted by molar-refractivity contribution is 0.0367. The summed E-state index contributed by atoms with van der Waals surface area (Å²) in [6.07, 6.45) is 3.19. The number of amides is 1. The monoisotopic (exact) mass is 709 g/mol. The molecular formula is C39H41ClFN7O3. The number of aromatic amines is 1. The van der Waals surface area contributed by atoms with E-state index in [2.05, 4.69) is 25.0 Å². The second-order valence-corrected chi connectivity index (χ2v) is 13.7. The number of hydrogen-bond donors (Lipinski definition) is 2. The van der Waals surface area contributed by atoms with E-state index in [1.807, 2.05) is 63.4 Å². The highest BCUT2D eigenvalue weighted by molar-refractivity contribution is 6.30. The number of rotatable bonds is 8. The number of fused-ring (bicyclic) bond motifs is 2. The summed E-state index contributed by atoms with van der Waals surface area (Å²) in [4.78, 5) is 25.3. The number of imidazole rings is 1. The third-order valence-electron chi connectivity index (χ3n) is 9.62. The number of hydrogen-bond acceptors (Lipinski definition) is 7. The molecule has 2 N–H and O–H groups in total. The molecule has 0 saturated carbocycles. The maximum absolute atomic E-state index is 14.2. The fraction of sp³-hybridized carbons (Fsp3) is 0.333. The number of piperidine rings is 1. The van der Waals surface area contributed by atoms with Gasteiger partial charge in [-0.2, -0.15) is 5.10 Å². The molecule has 2 aliphatic rings. The Balaban J connectivity index is 0.000000950. The van der Waals surface area contributed by atoms with E-state index in [0.717, 1.165) is 89.5 Å². The van der Waals surface area contributed by atoms with Crippen LogP contribution in [-0.2, 0) is 24.9 Å². The molecule has 0 radical (unpaired) electrons. The number of halogens is 2. The number of aromatic nitrogens is 5. The van der Waals surface area contributed by atoms with Gasteiger partial charge in [0.15, 0.2) is 0 Å². The van der Waals surface area contributed by atoms with Crippen LogP contribution < -0.4 is 10.1 Å². The second kappa shape index (κ2) is 15.2. The minimum Gasteiger partial charge on any atom is -0.473 e. The number of ether oxygens (including phenoxy) is 2. The van der Waals surface area contributed by atoms with Gasteiger partial charge in [-0.15, -0.1) is 0 Å². The van der Waals surface area contributed by atoms with Crippen molar-refractivity contribution in [2.24, 2.45) is 7.05 Å². The van der Waals surface area contributed by atoms with Gasteiger partial charge >= 0.3 is 0 Å². The largest absolute Gasteiger partial charge is 0.473 e. The van der Waals surface area contributed by atoms with E-state index in [1.54, 1.807) is 18.2 Å². The van der Waals surface area contributed by atoms with Gasteiger partial charge in [0.25, 0.3) is 5.91 Å². The normalized spacial score (nSPS) is 15.0. The van der Waals surface area contributed by atoms with Crippen LogP contribution in [0.2, 0.25) is 5.02 Å². The van der Waals surface area contributed by atoms with E-state index < -0.39 is 5.82 Å². The Labute approximate surface area is 300 Å². The zero-order valence-corrected chi connectivity index (χ0v) is 29.8. The molecule has 10 nitrogen and oxygen atoms in total. The third-order valence-corrected chi connectivity index (χ3v) is 9.85. The number of likely N-dealkylation sites (tertiary alicyclic amines) is 1. The summed E-state index contributed by atoms with van der Waals surface area (Å²) < 4.78 is 26.8. The average molecular weight is 710 g/mol. The SMILES string of the molecule is C1COC1.Cc1[nH]nc2c(C)cc(NC(=O)c3ccc4c(c3)nc(CN3CCC(c5cccc(OCc6ccc(Cl)cc6F)n5)CC3)n4C)cc12. The van der Waals surface area contributed by atoms with Crippen molar-refractivity contribution in [3.63, 3.8) is 0 Å². The summed E-state index contributed by atoms with van der Waals surface area (Å²) in [6.45, 7) is 8.57. The lowest BCUT2D eigenvalue weighted by atomic mass is 9.93. The van der Waals surface area contributed by atoms with Crippen LogP contribution in [0.4, 0.5) is 10.1 Å². The second-order valence-electron chi connectivity index (χ2n) is 13.2. The van der Waals surface area contributed by atoms with Crippen molar-refractivity contribution in [2.75, 3.05) is 31.6 Å². The van der Waals surface area contributed by atoms with Gasteiger partial charge in [0.2, 0.25) is 5.88 Å². The maximum atomic E-state index is 14.2. The Bertz CT molecular complexity index is 2180. The third kappa shape index (κ3) is 7.90. The summed E-state index contributed by atoms with van der Waals surface area (Å²) in [5.41, 5.74) is 7.36. The van der Waals surface area contributed by atoms with E-state index in [-0.39, 0.29) is 12.5 Å². The van der Waals surface area contributed by atoms with Gasteiger partial charge < -0.3 is 19.4 Å². The minimum atomic E-state index is -0.391. The molecule has 0 aliphatic carbocycles. The van der Waals surface area contributed by atoms with Crippen molar-refractivity contribution in [2.45, 2.75) is 52.2 Å². The Hall–Kier alpha value is -4.84. The number of H-pyrrole nitrogens is 1. The van der Waals surface area contributed by atoms with Crippen molar-refractivity contribution < 1.29 is 18.7 Å². The van der Waals surface area contributed by atoms with E-state index in [4.69, 9.17) is 31.0 Å².